The molecule has 0 aliphatic carbocycles. The maximum atomic E-state index is 6.26. The molecule has 0 bridgehead atoms. The molecule has 0 saturated heterocycles. The monoisotopic (exact) mass is 486 g/mol. The highest BCUT2D eigenvalue weighted by molar-refractivity contribution is 6.30. The lowest BCUT2D eigenvalue weighted by atomic mass is 9.91. The van der Waals surface area contributed by atoms with Gasteiger partial charge < -0.3 is 0 Å². The average molecular weight is 487 g/mol. The molecule has 5 aromatic rings. The Morgan fingerprint density at radius 1 is 0.722 bits per heavy atom. The Balaban J connectivity index is 1.49. The van der Waals surface area contributed by atoms with E-state index in [-0.39, 0.29) is 6.04 Å². The number of nitrogens with zero attached hydrogens (tertiary/aromatic N) is 4. The van der Waals surface area contributed by atoms with Gasteiger partial charge in [-0.2, -0.15) is 10.2 Å². The summed E-state index contributed by atoms with van der Waals surface area (Å²) in [4.78, 5) is 0. The molecule has 0 aromatic heterocycles. The fraction of sp³-hybridized carbons (Fsp3) is 0.0645. The molecule has 0 amide bonds. The maximum absolute atomic E-state index is 6.26. The van der Waals surface area contributed by atoms with Gasteiger partial charge in [0.2, 0.25) is 0 Å². The lowest BCUT2D eigenvalue weighted by molar-refractivity contribution is 0.123. The van der Waals surface area contributed by atoms with Crippen molar-refractivity contribution in [1.82, 2.24) is 10.1 Å². The Morgan fingerprint density at radius 2 is 1.33 bits per heavy atom. The summed E-state index contributed by atoms with van der Waals surface area (Å²) in [6.45, 7) is 2.08. The SMILES string of the molecule is CC1=NN(c2ccccc2)N2C(c3ccc(Cl)cc3)=CC(c3c4ccccc4cc4ccccc34)N12. The van der Waals surface area contributed by atoms with Crippen molar-refractivity contribution in [2.45, 2.75) is 13.0 Å². The predicted octanol–water partition coefficient (Wildman–Crippen LogP) is 8.03. The van der Waals surface area contributed by atoms with Crippen molar-refractivity contribution in [3.05, 3.63) is 131 Å². The van der Waals surface area contributed by atoms with Crippen LogP contribution in [0.15, 0.2) is 120 Å². The molecule has 0 N–H and O–H groups in total. The first-order chi connectivity index (χ1) is 17.7. The lowest BCUT2D eigenvalue weighted by Gasteiger charge is -2.35. The number of hydrogen-bond donors (Lipinski definition) is 0. The van der Waals surface area contributed by atoms with Crippen LogP contribution in [0.1, 0.15) is 24.1 Å². The Kier molecular flexibility index (Phi) is 4.76. The van der Waals surface area contributed by atoms with E-state index in [1.54, 1.807) is 0 Å². The molecule has 2 heterocycles. The fourth-order valence-electron chi connectivity index (χ4n) is 5.41. The van der Waals surface area contributed by atoms with E-state index in [1.165, 1.54) is 27.1 Å². The summed E-state index contributed by atoms with van der Waals surface area (Å²) in [7, 11) is 0. The van der Waals surface area contributed by atoms with Gasteiger partial charge in [0.05, 0.1) is 11.4 Å². The second-order valence-corrected chi connectivity index (χ2v) is 9.58. The number of para-hydroxylation sites is 1. The Labute approximate surface area is 214 Å². The first kappa shape index (κ1) is 21.0. The van der Waals surface area contributed by atoms with Crippen LogP contribution in [0.25, 0.3) is 27.2 Å². The van der Waals surface area contributed by atoms with Gasteiger partial charge in [-0.05, 0) is 70.4 Å². The topological polar surface area (TPSA) is 22.1 Å². The molecule has 1 atom stereocenters. The highest BCUT2D eigenvalue weighted by Gasteiger charge is 2.43. The Bertz CT molecular complexity index is 1620. The van der Waals surface area contributed by atoms with Crippen LogP contribution in [0.4, 0.5) is 5.69 Å². The third-order valence-electron chi connectivity index (χ3n) is 6.99. The smallest absolute Gasteiger partial charge is 0.145 e. The number of hydrazone groups is 1. The Hall–Kier alpha value is -4.28. The summed E-state index contributed by atoms with van der Waals surface area (Å²) in [5.74, 6) is 0.932. The molecule has 4 nitrogen and oxygen atoms in total. The van der Waals surface area contributed by atoms with E-state index in [1.807, 2.05) is 35.4 Å². The first-order valence-corrected chi connectivity index (χ1v) is 12.4. The zero-order chi connectivity index (χ0) is 24.2. The first-order valence-electron chi connectivity index (χ1n) is 12.1. The minimum absolute atomic E-state index is 0.0378. The number of amidine groups is 1. The van der Waals surface area contributed by atoms with Crippen molar-refractivity contribution in [2.75, 3.05) is 5.12 Å². The molecule has 1 unspecified atom stereocenters. The van der Waals surface area contributed by atoms with Crippen LogP contribution in [-0.4, -0.2) is 16.0 Å². The van der Waals surface area contributed by atoms with Crippen molar-refractivity contribution < 1.29 is 0 Å². The molecule has 174 valence electrons. The van der Waals surface area contributed by atoms with Crippen LogP contribution in [0, 0.1) is 0 Å². The molecule has 7 rings (SSSR count). The van der Waals surface area contributed by atoms with Gasteiger partial charge in [-0.15, -0.1) is 5.10 Å². The van der Waals surface area contributed by atoms with Crippen LogP contribution in [0.3, 0.4) is 0 Å². The number of rotatable bonds is 3. The van der Waals surface area contributed by atoms with E-state index in [0.29, 0.717) is 0 Å². The van der Waals surface area contributed by atoms with Crippen LogP contribution < -0.4 is 5.12 Å². The van der Waals surface area contributed by atoms with E-state index in [9.17, 15) is 0 Å². The normalized spacial score (nSPS) is 17.1. The summed E-state index contributed by atoms with van der Waals surface area (Å²) in [5.41, 5.74) is 4.44. The zero-order valence-electron chi connectivity index (χ0n) is 19.7. The summed E-state index contributed by atoms with van der Waals surface area (Å²) in [6, 6.07) is 37.9. The molecule has 36 heavy (non-hydrogen) atoms. The van der Waals surface area contributed by atoms with E-state index in [2.05, 4.69) is 102 Å². The molecule has 5 aromatic carbocycles. The molecular formula is C31H23ClN4. The summed E-state index contributed by atoms with van der Waals surface area (Å²) < 4.78 is 0. The van der Waals surface area contributed by atoms with Gasteiger partial charge in [-0.25, -0.2) is 5.01 Å². The van der Waals surface area contributed by atoms with Crippen molar-refractivity contribution >= 4 is 50.4 Å². The molecular weight excluding hydrogens is 464 g/mol. The van der Waals surface area contributed by atoms with Gasteiger partial charge in [0.1, 0.15) is 11.9 Å². The number of halogens is 1. The van der Waals surface area contributed by atoms with Crippen molar-refractivity contribution in [3.8, 4) is 0 Å². The van der Waals surface area contributed by atoms with E-state index >= 15 is 0 Å². The van der Waals surface area contributed by atoms with Gasteiger partial charge in [0.15, 0.2) is 0 Å². The second kappa shape index (κ2) is 8.14. The quantitative estimate of drug-likeness (QED) is 0.241. The van der Waals surface area contributed by atoms with Gasteiger partial charge >= 0.3 is 0 Å². The minimum atomic E-state index is -0.0378. The third-order valence-corrected chi connectivity index (χ3v) is 7.24. The summed E-state index contributed by atoms with van der Waals surface area (Å²) >= 11 is 6.26. The van der Waals surface area contributed by atoms with Gasteiger partial charge in [-0.1, -0.05) is 90.5 Å². The summed E-state index contributed by atoms with van der Waals surface area (Å²) in [6.07, 6.45) is 2.35. The van der Waals surface area contributed by atoms with E-state index in [4.69, 9.17) is 16.7 Å². The number of anilines is 1. The molecule has 2 aliphatic heterocycles. The zero-order valence-corrected chi connectivity index (χ0v) is 20.5. The van der Waals surface area contributed by atoms with Crippen LogP contribution in [0.2, 0.25) is 5.02 Å². The van der Waals surface area contributed by atoms with Crippen LogP contribution in [-0.2, 0) is 0 Å². The predicted molar refractivity (Wildman–Crippen MR) is 149 cm³/mol. The van der Waals surface area contributed by atoms with E-state index < -0.39 is 0 Å². The minimum Gasteiger partial charge on any atom is -0.238 e. The molecule has 0 radical (unpaired) electrons. The second-order valence-electron chi connectivity index (χ2n) is 9.14. The molecule has 5 heteroatoms. The number of hydrogen-bond acceptors (Lipinski definition) is 4. The standard InChI is InChI=1S/C31H23ClN4/c1-21-33-35(26-11-3-2-4-12-26)36-29(22-15-17-25(32)18-16-22)20-30(34(21)36)31-27-13-7-5-9-23(27)19-24-10-6-8-14-28(24)31/h2-20,30H,1H3. The van der Waals surface area contributed by atoms with Crippen LogP contribution >= 0.6 is 11.6 Å². The average Bonchev–Trinajstić information content (AvgIpc) is 3.47. The van der Waals surface area contributed by atoms with Crippen molar-refractivity contribution in [1.29, 1.82) is 0 Å². The third kappa shape index (κ3) is 3.19. The Morgan fingerprint density at radius 3 is 2.00 bits per heavy atom. The van der Waals surface area contributed by atoms with Crippen molar-refractivity contribution in [2.24, 2.45) is 5.10 Å². The highest BCUT2D eigenvalue weighted by Crippen LogP contribution is 2.47. The van der Waals surface area contributed by atoms with Gasteiger partial charge in [0, 0.05) is 10.6 Å². The molecule has 0 saturated carbocycles. The summed E-state index contributed by atoms with van der Waals surface area (Å²) in [5, 5.41) is 17.2. The lowest BCUT2D eigenvalue weighted by Crippen LogP contribution is -2.43. The van der Waals surface area contributed by atoms with E-state index in [0.717, 1.165) is 27.8 Å². The molecule has 2 aliphatic rings. The number of hydrazine groups is 2. The van der Waals surface area contributed by atoms with Crippen molar-refractivity contribution in [3.63, 3.8) is 0 Å². The number of fused-ring (bicyclic) bond motifs is 3. The maximum Gasteiger partial charge on any atom is 0.145 e. The fourth-order valence-corrected chi connectivity index (χ4v) is 5.54. The molecule has 0 spiro atoms. The number of benzene rings is 5. The van der Waals surface area contributed by atoms with Gasteiger partial charge in [-0.3, -0.25) is 0 Å². The molecule has 0 fully saturated rings. The van der Waals surface area contributed by atoms with Crippen LogP contribution in [0.5, 0.6) is 0 Å². The van der Waals surface area contributed by atoms with Gasteiger partial charge in [0.25, 0.3) is 0 Å². The highest BCUT2D eigenvalue weighted by atomic mass is 35.5. The largest absolute Gasteiger partial charge is 0.238 e.